The van der Waals surface area contributed by atoms with Crippen molar-refractivity contribution in [1.82, 2.24) is 15.1 Å². The molecule has 0 aromatic heterocycles. The Morgan fingerprint density at radius 3 is 2.43 bits per heavy atom. The van der Waals surface area contributed by atoms with E-state index in [0.29, 0.717) is 5.06 Å². The number of carbonyl (C=O) groups excluding carboxylic acids is 4. The predicted octanol–water partition coefficient (Wildman–Crippen LogP) is -0.567. The Labute approximate surface area is 161 Å². The lowest BCUT2D eigenvalue weighted by Gasteiger charge is -2.29. The van der Waals surface area contributed by atoms with Crippen LogP contribution in [0.15, 0.2) is 12.2 Å². The molecule has 4 aliphatic rings. The SMILES string of the molecule is C#CCN(CCC(=O)ON1C(=O)CCC1O)N1C(=O)[C@@H]2[C@H](C1=O)[C@H]1C=C[C@@H]2C1. The average Bonchev–Trinajstić information content (AvgIpc) is 3.40. The van der Waals surface area contributed by atoms with E-state index in [4.69, 9.17) is 11.3 Å². The molecule has 0 aromatic carbocycles. The number of carbonyl (C=O) groups is 4. The molecule has 9 nitrogen and oxygen atoms in total. The Morgan fingerprint density at radius 2 is 1.89 bits per heavy atom. The van der Waals surface area contributed by atoms with Crippen molar-refractivity contribution in [2.45, 2.75) is 31.9 Å². The number of hydrogen-bond donors (Lipinski definition) is 1. The van der Waals surface area contributed by atoms with Crippen LogP contribution in [0.3, 0.4) is 0 Å². The molecule has 2 aliphatic heterocycles. The van der Waals surface area contributed by atoms with Crippen LogP contribution in [-0.4, -0.2) is 63.2 Å². The van der Waals surface area contributed by atoms with E-state index in [9.17, 15) is 24.3 Å². The summed E-state index contributed by atoms with van der Waals surface area (Å²) in [7, 11) is 0. The lowest BCUT2D eigenvalue weighted by atomic mass is 9.85. The molecule has 4 rings (SSSR count). The number of aliphatic hydroxyl groups excluding tert-OH is 1. The van der Waals surface area contributed by atoms with Crippen molar-refractivity contribution < 1.29 is 29.1 Å². The van der Waals surface area contributed by atoms with Crippen LogP contribution in [0.1, 0.15) is 25.7 Å². The second-order valence-corrected chi connectivity index (χ2v) is 7.53. The molecule has 0 aromatic rings. The van der Waals surface area contributed by atoms with Gasteiger partial charge in [0.15, 0.2) is 6.23 Å². The topological polar surface area (TPSA) is 107 Å². The Hall–Kier alpha value is -2.70. The maximum Gasteiger partial charge on any atom is 0.334 e. The molecule has 1 N–H and O–H groups in total. The van der Waals surface area contributed by atoms with Gasteiger partial charge in [0, 0.05) is 19.4 Å². The summed E-state index contributed by atoms with van der Waals surface area (Å²) >= 11 is 0. The normalized spacial score (nSPS) is 33.2. The van der Waals surface area contributed by atoms with Gasteiger partial charge in [-0.2, -0.15) is 5.01 Å². The first-order valence-electron chi connectivity index (χ1n) is 9.37. The molecule has 5 atom stereocenters. The van der Waals surface area contributed by atoms with Gasteiger partial charge in [-0.3, -0.25) is 14.4 Å². The fourth-order valence-electron chi connectivity index (χ4n) is 4.65. The zero-order valence-electron chi connectivity index (χ0n) is 15.2. The number of nitrogens with zero attached hydrogens (tertiary/aromatic N) is 3. The molecule has 2 saturated heterocycles. The van der Waals surface area contributed by atoms with Gasteiger partial charge in [0.1, 0.15) is 0 Å². The standard InChI is InChI=1S/C19H21N3O6/c1-2-8-20(9-7-15(25)28-22-13(23)5-6-14(22)24)21-18(26)16-11-3-4-12(10-11)17(16)19(21)27/h1,3-4,11-13,16-17,23H,5-10H2/t11-,12+,13?,16+,17-. The van der Waals surface area contributed by atoms with Crippen molar-refractivity contribution in [3.8, 4) is 12.3 Å². The number of rotatable bonds is 6. The molecular formula is C19H21N3O6. The van der Waals surface area contributed by atoms with E-state index < -0.39 is 18.1 Å². The number of imide groups is 1. The van der Waals surface area contributed by atoms with Gasteiger partial charge in [-0.05, 0) is 18.3 Å². The summed E-state index contributed by atoms with van der Waals surface area (Å²) in [5.74, 6) is 0.0824. The number of hydrazine groups is 1. The largest absolute Gasteiger partial charge is 0.370 e. The first-order chi connectivity index (χ1) is 13.4. The van der Waals surface area contributed by atoms with Crippen molar-refractivity contribution in [3.63, 3.8) is 0 Å². The van der Waals surface area contributed by atoms with E-state index in [2.05, 4.69) is 5.92 Å². The third-order valence-electron chi connectivity index (χ3n) is 5.91. The minimum atomic E-state index is -1.15. The summed E-state index contributed by atoms with van der Waals surface area (Å²) in [4.78, 5) is 54.3. The van der Waals surface area contributed by atoms with Crippen LogP contribution in [-0.2, 0) is 24.0 Å². The van der Waals surface area contributed by atoms with Crippen molar-refractivity contribution in [2.75, 3.05) is 13.1 Å². The molecule has 0 radical (unpaired) electrons. The fraction of sp³-hybridized carbons (Fsp3) is 0.579. The van der Waals surface area contributed by atoms with E-state index in [1.165, 1.54) is 5.01 Å². The van der Waals surface area contributed by atoms with Crippen LogP contribution in [0.2, 0.25) is 0 Å². The minimum Gasteiger partial charge on any atom is -0.370 e. The summed E-state index contributed by atoms with van der Waals surface area (Å²) in [5.41, 5.74) is 0. The Balaban J connectivity index is 1.40. The van der Waals surface area contributed by atoms with Crippen molar-refractivity contribution in [3.05, 3.63) is 12.2 Å². The highest BCUT2D eigenvalue weighted by Gasteiger charge is 2.60. The van der Waals surface area contributed by atoms with Gasteiger partial charge in [-0.25, -0.2) is 9.80 Å². The van der Waals surface area contributed by atoms with Gasteiger partial charge >= 0.3 is 5.97 Å². The van der Waals surface area contributed by atoms with E-state index in [1.807, 2.05) is 12.2 Å². The zero-order valence-corrected chi connectivity index (χ0v) is 15.2. The number of fused-ring (bicyclic) bond motifs is 5. The molecule has 148 valence electrons. The van der Waals surface area contributed by atoms with Gasteiger partial charge in [0.05, 0.1) is 24.8 Å². The molecule has 1 unspecified atom stereocenters. The first-order valence-corrected chi connectivity index (χ1v) is 9.37. The molecule has 2 heterocycles. The van der Waals surface area contributed by atoms with Gasteiger partial charge in [0.25, 0.3) is 5.91 Å². The number of allylic oxidation sites excluding steroid dienone is 2. The van der Waals surface area contributed by atoms with Gasteiger partial charge in [-0.1, -0.05) is 18.1 Å². The number of terminal acetylenes is 1. The number of hydroxylamine groups is 2. The number of hydrogen-bond acceptors (Lipinski definition) is 7. The molecule has 2 bridgehead atoms. The first kappa shape index (κ1) is 18.7. The number of aliphatic hydroxyl groups is 1. The maximum atomic E-state index is 12.9. The smallest absolute Gasteiger partial charge is 0.334 e. The van der Waals surface area contributed by atoms with Gasteiger partial charge in [0.2, 0.25) is 11.8 Å². The zero-order chi connectivity index (χ0) is 20.0. The summed E-state index contributed by atoms with van der Waals surface area (Å²) in [6.45, 7) is -0.0287. The second-order valence-electron chi connectivity index (χ2n) is 7.53. The number of amides is 3. The summed E-state index contributed by atoms with van der Waals surface area (Å²) in [6, 6.07) is 0. The lowest BCUT2D eigenvalue weighted by molar-refractivity contribution is -0.221. The highest BCUT2D eigenvalue weighted by atomic mass is 16.7. The molecule has 2 aliphatic carbocycles. The molecule has 9 heteroatoms. The van der Waals surface area contributed by atoms with Crippen LogP contribution >= 0.6 is 0 Å². The predicted molar refractivity (Wildman–Crippen MR) is 92.8 cm³/mol. The van der Waals surface area contributed by atoms with E-state index in [-0.39, 0.29) is 67.8 Å². The minimum absolute atomic E-state index is 0.0131. The van der Waals surface area contributed by atoms with Crippen molar-refractivity contribution in [2.24, 2.45) is 23.7 Å². The molecule has 28 heavy (non-hydrogen) atoms. The van der Waals surface area contributed by atoms with Crippen LogP contribution in [0.4, 0.5) is 0 Å². The summed E-state index contributed by atoms with van der Waals surface area (Å²) in [5, 5.41) is 12.8. The third kappa shape index (κ3) is 2.89. The molecule has 3 fully saturated rings. The Bertz CT molecular complexity index is 772. The average molecular weight is 387 g/mol. The Kier molecular flexibility index (Phi) is 4.69. The van der Waals surface area contributed by atoms with E-state index in [1.54, 1.807) is 0 Å². The fourth-order valence-corrected chi connectivity index (χ4v) is 4.65. The van der Waals surface area contributed by atoms with E-state index in [0.717, 1.165) is 11.4 Å². The highest BCUT2D eigenvalue weighted by molar-refractivity contribution is 6.06. The summed E-state index contributed by atoms with van der Waals surface area (Å²) < 4.78 is 0. The molecule has 1 saturated carbocycles. The molecule has 0 spiro atoms. The van der Waals surface area contributed by atoms with Crippen LogP contribution in [0.25, 0.3) is 0 Å². The van der Waals surface area contributed by atoms with Crippen LogP contribution < -0.4 is 0 Å². The van der Waals surface area contributed by atoms with Gasteiger partial charge < -0.3 is 9.94 Å². The monoisotopic (exact) mass is 387 g/mol. The molecular weight excluding hydrogens is 366 g/mol. The summed E-state index contributed by atoms with van der Waals surface area (Å²) in [6.07, 6.45) is 9.18. The second kappa shape index (κ2) is 7.04. The maximum absolute atomic E-state index is 12.9. The molecule has 3 amide bonds. The van der Waals surface area contributed by atoms with Crippen molar-refractivity contribution >= 4 is 23.7 Å². The quantitative estimate of drug-likeness (QED) is 0.370. The van der Waals surface area contributed by atoms with Crippen LogP contribution in [0.5, 0.6) is 0 Å². The van der Waals surface area contributed by atoms with E-state index >= 15 is 0 Å². The van der Waals surface area contributed by atoms with Crippen LogP contribution in [0, 0.1) is 36.0 Å². The van der Waals surface area contributed by atoms with Crippen molar-refractivity contribution in [1.29, 1.82) is 0 Å². The third-order valence-corrected chi connectivity index (χ3v) is 5.91. The van der Waals surface area contributed by atoms with Gasteiger partial charge in [-0.15, -0.1) is 11.5 Å². The highest BCUT2D eigenvalue weighted by Crippen LogP contribution is 2.52. The lowest BCUT2D eigenvalue weighted by Crippen LogP contribution is -2.49. The Morgan fingerprint density at radius 1 is 1.25 bits per heavy atom.